The van der Waals surface area contributed by atoms with Crippen LogP contribution in [0, 0.1) is 11.3 Å². The summed E-state index contributed by atoms with van der Waals surface area (Å²) in [5.74, 6) is -0.244. The van der Waals surface area contributed by atoms with E-state index in [4.69, 9.17) is 11.0 Å². The molecule has 0 aromatic heterocycles. The number of carbonyl (C=O) groups is 1. The summed E-state index contributed by atoms with van der Waals surface area (Å²) in [7, 11) is 0. The fourth-order valence-corrected chi connectivity index (χ4v) is 2.10. The van der Waals surface area contributed by atoms with Crippen molar-refractivity contribution in [3.05, 3.63) is 71.8 Å². The van der Waals surface area contributed by atoms with Gasteiger partial charge in [-0.05, 0) is 11.1 Å². The van der Waals surface area contributed by atoms with Crippen LogP contribution >= 0.6 is 0 Å². The second-order valence-corrected chi connectivity index (χ2v) is 4.73. The Morgan fingerprint density at radius 2 is 1.67 bits per heavy atom. The minimum absolute atomic E-state index is 0.0221. The van der Waals surface area contributed by atoms with Gasteiger partial charge in [0.05, 0.1) is 6.07 Å². The number of benzene rings is 2. The SMILES string of the molecule is N#CCN(Cc1ccccc1)C(=O)C(N)c1ccccc1. The summed E-state index contributed by atoms with van der Waals surface area (Å²) in [6.45, 7) is 0.405. The van der Waals surface area contributed by atoms with Crippen LogP contribution in [0.3, 0.4) is 0 Å². The lowest BCUT2D eigenvalue weighted by molar-refractivity contribution is -0.132. The van der Waals surface area contributed by atoms with Gasteiger partial charge in [0.2, 0.25) is 5.91 Å². The highest BCUT2D eigenvalue weighted by atomic mass is 16.2. The lowest BCUT2D eigenvalue weighted by atomic mass is 10.1. The molecule has 0 saturated heterocycles. The molecule has 0 bridgehead atoms. The summed E-state index contributed by atoms with van der Waals surface area (Å²) in [6, 6.07) is 20.0. The number of hydrogen-bond donors (Lipinski definition) is 1. The van der Waals surface area contributed by atoms with E-state index in [-0.39, 0.29) is 12.5 Å². The van der Waals surface area contributed by atoms with Gasteiger partial charge in [-0.3, -0.25) is 4.79 Å². The highest BCUT2D eigenvalue weighted by Gasteiger charge is 2.22. The van der Waals surface area contributed by atoms with Crippen molar-refractivity contribution in [2.75, 3.05) is 6.54 Å². The first-order valence-electron chi connectivity index (χ1n) is 6.72. The highest BCUT2D eigenvalue weighted by Crippen LogP contribution is 2.14. The van der Waals surface area contributed by atoms with Gasteiger partial charge in [0.25, 0.3) is 0 Å². The molecule has 2 rings (SSSR count). The van der Waals surface area contributed by atoms with E-state index in [2.05, 4.69) is 0 Å². The first kappa shape index (κ1) is 14.8. The molecule has 0 spiro atoms. The van der Waals surface area contributed by atoms with Crippen LogP contribution in [0.25, 0.3) is 0 Å². The Bertz CT molecular complexity index is 619. The van der Waals surface area contributed by atoms with Crippen LogP contribution in [-0.2, 0) is 11.3 Å². The Balaban J connectivity index is 2.14. The molecule has 0 fully saturated rings. The van der Waals surface area contributed by atoms with Crippen LogP contribution in [0.4, 0.5) is 0 Å². The minimum Gasteiger partial charge on any atom is -0.323 e. The lowest BCUT2D eigenvalue weighted by Gasteiger charge is -2.23. The summed E-state index contributed by atoms with van der Waals surface area (Å²) in [6.07, 6.45) is 0. The van der Waals surface area contributed by atoms with Gasteiger partial charge in [-0.25, -0.2) is 0 Å². The van der Waals surface area contributed by atoms with Crippen molar-refractivity contribution in [1.82, 2.24) is 4.90 Å². The fourth-order valence-electron chi connectivity index (χ4n) is 2.10. The molecule has 2 aromatic rings. The van der Waals surface area contributed by atoms with Crippen molar-refractivity contribution in [3.63, 3.8) is 0 Å². The molecule has 4 nitrogen and oxygen atoms in total. The van der Waals surface area contributed by atoms with Crippen LogP contribution in [0.5, 0.6) is 0 Å². The maximum Gasteiger partial charge on any atom is 0.245 e. The number of nitrogens with two attached hydrogens (primary N) is 1. The maximum absolute atomic E-state index is 12.5. The van der Waals surface area contributed by atoms with Crippen molar-refractivity contribution in [2.24, 2.45) is 5.73 Å². The van der Waals surface area contributed by atoms with Crippen LogP contribution in [0.15, 0.2) is 60.7 Å². The van der Waals surface area contributed by atoms with Crippen molar-refractivity contribution < 1.29 is 4.79 Å². The largest absolute Gasteiger partial charge is 0.323 e. The van der Waals surface area contributed by atoms with Gasteiger partial charge in [0.1, 0.15) is 12.6 Å². The van der Waals surface area contributed by atoms with Crippen LogP contribution in [0.2, 0.25) is 0 Å². The Hall–Kier alpha value is -2.64. The van der Waals surface area contributed by atoms with E-state index < -0.39 is 6.04 Å². The Morgan fingerprint density at radius 1 is 1.10 bits per heavy atom. The summed E-state index contributed by atoms with van der Waals surface area (Å²) >= 11 is 0. The molecule has 1 unspecified atom stereocenters. The van der Waals surface area contributed by atoms with E-state index in [1.54, 1.807) is 0 Å². The van der Waals surface area contributed by atoms with Gasteiger partial charge in [-0.2, -0.15) is 5.26 Å². The maximum atomic E-state index is 12.5. The molecule has 0 aliphatic heterocycles. The third kappa shape index (κ3) is 3.91. The molecular formula is C17H17N3O. The van der Waals surface area contributed by atoms with E-state index in [0.29, 0.717) is 6.54 Å². The highest BCUT2D eigenvalue weighted by molar-refractivity contribution is 5.83. The quantitative estimate of drug-likeness (QED) is 0.853. The number of nitrogens with zero attached hydrogens (tertiary/aromatic N) is 2. The van der Waals surface area contributed by atoms with E-state index >= 15 is 0 Å². The zero-order valence-corrected chi connectivity index (χ0v) is 11.6. The number of nitriles is 1. The number of amides is 1. The van der Waals surface area contributed by atoms with E-state index in [1.165, 1.54) is 4.90 Å². The monoisotopic (exact) mass is 279 g/mol. The van der Waals surface area contributed by atoms with Crippen LogP contribution < -0.4 is 5.73 Å². The molecule has 2 N–H and O–H groups in total. The minimum atomic E-state index is -0.747. The average molecular weight is 279 g/mol. The lowest BCUT2D eigenvalue weighted by Crippen LogP contribution is -2.38. The Kier molecular flexibility index (Phi) is 5.08. The van der Waals surface area contributed by atoms with Gasteiger partial charge in [0, 0.05) is 6.54 Å². The normalized spacial score (nSPS) is 11.4. The third-order valence-electron chi connectivity index (χ3n) is 3.21. The van der Waals surface area contributed by atoms with Gasteiger partial charge in [0.15, 0.2) is 0 Å². The van der Waals surface area contributed by atoms with Crippen molar-refractivity contribution in [2.45, 2.75) is 12.6 Å². The first-order valence-corrected chi connectivity index (χ1v) is 6.72. The van der Waals surface area contributed by atoms with Crippen molar-refractivity contribution in [3.8, 4) is 6.07 Å². The number of rotatable bonds is 5. The second kappa shape index (κ2) is 7.22. The topological polar surface area (TPSA) is 70.1 Å². The molecule has 4 heteroatoms. The van der Waals surface area contributed by atoms with E-state index in [9.17, 15) is 4.79 Å². The predicted octanol–water partition coefficient (Wildman–Crippen LogP) is 2.24. The molecule has 21 heavy (non-hydrogen) atoms. The molecule has 0 aliphatic carbocycles. The average Bonchev–Trinajstić information content (AvgIpc) is 2.55. The zero-order valence-electron chi connectivity index (χ0n) is 11.6. The standard InChI is InChI=1S/C17H17N3O/c18-11-12-20(13-14-7-3-1-4-8-14)17(21)16(19)15-9-5-2-6-10-15/h1-10,16H,12-13,19H2. The Morgan fingerprint density at radius 3 is 2.24 bits per heavy atom. The zero-order chi connectivity index (χ0) is 15.1. The molecular weight excluding hydrogens is 262 g/mol. The Labute approximate surface area is 124 Å². The molecule has 2 aromatic carbocycles. The van der Waals surface area contributed by atoms with Crippen molar-refractivity contribution in [1.29, 1.82) is 5.26 Å². The molecule has 0 heterocycles. The molecule has 106 valence electrons. The number of hydrogen-bond acceptors (Lipinski definition) is 3. The van der Waals surface area contributed by atoms with Crippen LogP contribution in [0.1, 0.15) is 17.2 Å². The van der Waals surface area contributed by atoms with E-state index in [1.807, 2.05) is 66.7 Å². The summed E-state index contributed by atoms with van der Waals surface area (Å²) in [5.41, 5.74) is 7.74. The summed E-state index contributed by atoms with van der Waals surface area (Å²) < 4.78 is 0. The van der Waals surface area contributed by atoms with Gasteiger partial charge in [-0.15, -0.1) is 0 Å². The molecule has 1 atom stereocenters. The van der Waals surface area contributed by atoms with Crippen molar-refractivity contribution >= 4 is 5.91 Å². The molecule has 1 amide bonds. The first-order chi connectivity index (χ1) is 10.2. The van der Waals surface area contributed by atoms with Gasteiger partial charge < -0.3 is 10.6 Å². The summed E-state index contributed by atoms with van der Waals surface area (Å²) in [4.78, 5) is 14.0. The fraction of sp³-hybridized carbons (Fsp3) is 0.176. The number of carbonyl (C=O) groups excluding carboxylic acids is 1. The smallest absolute Gasteiger partial charge is 0.245 e. The van der Waals surface area contributed by atoms with Gasteiger partial charge in [-0.1, -0.05) is 60.7 Å². The van der Waals surface area contributed by atoms with Crippen LogP contribution in [-0.4, -0.2) is 17.4 Å². The second-order valence-electron chi connectivity index (χ2n) is 4.73. The van der Waals surface area contributed by atoms with E-state index in [0.717, 1.165) is 11.1 Å². The molecule has 0 aliphatic rings. The predicted molar refractivity (Wildman–Crippen MR) is 80.8 cm³/mol. The summed E-state index contributed by atoms with van der Waals surface area (Å²) in [5, 5.41) is 8.93. The third-order valence-corrected chi connectivity index (χ3v) is 3.21. The molecule has 0 saturated carbocycles. The van der Waals surface area contributed by atoms with Gasteiger partial charge >= 0.3 is 0 Å². The molecule has 0 radical (unpaired) electrons.